The van der Waals surface area contributed by atoms with E-state index in [-0.39, 0.29) is 41.5 Å². The lowest BCUT2D eigenvalue weighted by molar-refractivity contribution is 0.588. The van der Waals surface area contributed by atoms with Crippen LogP contribution < -0.4 is 10.6 Å². The third-order valence-electron chi connectivity index (χ3n) is 5.46. The maximum Gasteiger partial charge on any atom is 0.244 e. The summed E-state index contributed by atoms with van der Waals surface area (Å²) in [6, 6.07) is 10.5. The number of rotatable bonds is 6. The lowest BCUT2D eigenvalue weighted by Crippen LogP contribution is -2.23. The molecule has 0 aliphatic carbocycles. The number of nitrogens with zero attached hydrogens (tertiary/aromatic N) is 4. The second-order valence-corrected chi connectivity index (χ2v) is 10.1. The van der Waals surface area contributed by atoms with Gasteiger partial charge in [0.15, 0.2) is 23.1 Å². The molecule has 4 aromatic rings. The highest BCUT2D eigenvalue weighted by molar-refractivity contribution is 7.89. The molecule has 1 aliphatic heterocycles. The predicted molar refractivity (Wildman–Crippen MR) is 132 cm³/mol. The number of fused-ring (bicyclic) bond motifs is 1. The van der Waals surface area contributed by atoms with Gasteiger partial charge in [0, 0.05) is 35.9 Å². The molecule has 3 aromatic heterocycles. The average Bonchev–Trinajstić information content (AvgIpc) is 3.44. The summed E-state index contributed by atoms with van der Waals surface area (Å²) in [6.07, 6.45) is 4.72. The Hall–Kier alpha value is -2.79. The van der Waals surface area contributed by atoms with Crippen LogP contribution >= 0.6 is 24.0 Å². The van der Waals surface area contributed by atoms with Crippen LogP contribution in [0.3, 0.4) is 0 Å². The molecule has 1 atom stereocenters. The summed E-state index contributed by atoms with van der Waals surface area (Å²) in [5, 5.41) is 7.09. The van der Waals surface area contributed by atoms with E-state index in [0.29, 0.717) is 28.1 Å². The van der Waals surface area contributed by atoms with E-state index in [0.717, 1.165) is 23.1 Å². The van der Waals surface area contributed by atoms with Crippen LogP contribution in [0.15, 0.2) is 55.0 Å². The largest absolute Gasteiger partial charge is 0.363 e. The first-order valence-electron chi connectivity index (χ1n) is 10.3. The fraction of sp³-hybridized carbons (Fsp3) is 0.227. The highest BCUT2D eigenvalue weighted by Crippen LogP contribution is 2.32. The highest BCUT2D eigenvalue weighted by atomic mass is 35.5. The highest BCUT2D eigenvalue weighted by Gasteiger charge is 2.24. The van der Waals surface area contributed by atoms with E-state index >= 15 is 0 Å². The summed E-state index contributed by atoms with van der Waals surface area (Å²) < 4.78 is 42.1. The Labute approximate surface area is 207 Å². The maximum atomic E-state index is 14.4. The van der Waals surface area contributed by atoms with Crippen LogP contribution in [0, 0.1) is 5.82 Å². The molecule has 1 unspecified atom stereocenters. The molecule has 0 spiro atoms. The summed E-state index contributed by atoms with van der Waals surface area (Å²) in [7, 11) is -3.82. The molecule has 34 heavy (non-hydrogen) atoms. The average molecular weight is 523 g/mol. The number of halogens is 3. The van der Waals surface area contributed by atoms with Crippen molar-refractivity contribution >= 4 is 50.9 Å². The second kappa shape index (κ2) is 9.83. The van der Waals surface area contributed by atoms with Gasteiger partial charge in [-0.2, -0.15) is 0 Å². The zero-order valence-electron chi connectivity index (χ0n) is 17.8. The van der Waals surface area contributed by atoms with Crippen molar-refractivity contribution in [1.82, 2.24) is 24.2 Å². The van der Waals surface area contributed by atoms with E-state index in [1.54, 1.807) is 30.3 Å². The molecular formula is C22H21Cl2FN6O2S. The summed E-state index contributed by atoms with van der Waals surface area (Å²) in [4.78, 5) is 12.7. The van der Waals surface area contributed by atoms with Gasteiger partial charge in [-0.05, 0) is 24.6 Å². The van der Waals surface area contributed by atoms with Crippen molar-refractivity contribution in [3.8, 4) is 11.4 Å². The summed E-state index contributed by atoms with van der Waals surface area (Å²) in [5.74, 6) is -0.556. The van der Waals surface area contributed by atoms with Gasteiger partial charge in [0.1, 0.15) is 0 Å². The number of benzene rings is 1. The number of pyridine rings is 1. The molecule has 0 bridgehead atoms. The van der Waals surface area contributed by atoms with Crippen molar-refractivity contribution in [3.63, 3.8) is 0 Å². The summed E-state index contributed by atoms with van der Waals surface area (Å²) in [5.41, 5.74) is 1.24. The number of anilines is 1. The van der Waals surface area contributed by atoms with Gasteiger partial charge in [-0.15, -0.1) is 12.4 Å². The van der Waals surface area contributed by atoms with Crippen LogP contribution in [0.1, 0.15) is 12.0 Å². The quantitative estimate of drug-likeness (QED) is 0.396. The van der Waals surface area contributed by atoms with Crippen molar-refractivity contribution in [2.24, 2.45) is 0 Å². The third-order valence-corrected chi connectivity index (χ3v) is 7.24. The molecule has 1 saturated heterocycles. The first-order chi connectivity index (χ1) is 15.9. The minimum Gasteiger partial charge on any atom is -0.363 e. The van der Waals surface area contributed by atoms with Crippen molar-refractivity contribution in [2.75, 3.05) is 18.4 Å². The van der Waals surface area contributed by atoms with E-state index in [1.165, 1.54) is 12.4 Å². The number of aromatic nitrogens is 4. The molecule has 2 N–H and O–H groups in total. The van der Waals surface area contributed by atoms with Crippen molar-refractivity contribution < 1.29 is 12.8 Å². The van der Waals surface area contributed by atoms with E-state index in [4.69, 9.17) is 11.6 Å². The van der Waals surface area contributed by atoms with Gasteiger partial charge in [0.05, 0.1) is 17.0 Å². The van der Waals surface area contributed by atoms with Crippen LogP contribution in [0.5, 0.6) is 0 Å². The molecule has 4 heterocycles. The fourth-order valence-electron chi connectivity index (χ4n) is 3.87. The van der Waals surface area contributed by atoms with Gasteiger partial charge in [-0.3, -0.25) is 0 Å². The normalized spacial score (nSPS) is 15.9. The molecule has 5 rings (SSSR count). The van der Waals surface area contributed by atoms with Crippen LogP contribution in [-0.2, 0) is 15.8 Å². The SMILES string of the molecule is Cl.O=S(=O)(Cc1ccccc1)n1cc(-c2ncc(F)c(NC3CCNC3)n2)c2cc(Cl)cnc21. The Kier molecular flexibility index (Phi) is 7.04. The lowest BCUT2D eigenvalue weighted by Gasteiger charge is -2.13. The van der Waals surface area contributed by atoms with Crippen LogP contribution in [0.4, 0.5) is 10.2 Å². The Bertz CT molecular complexity index is 1430. The summed E-state index contributed by atoms with van der Waals surface area (Å²) in [6.45, 7) is 1.55. The standard InChI is InChI=1S/C22H20ClFN6O2S.ClH/c23-15-8-17-18(20-26-11-19(24)21(29-20)28-16-6-7-25-10-16)12-30(22(17)27-9-15)33(31,32)13-14-4-2-1-3-5-14;/h1-5,8-9,11-12,16,25H,6-7,10,13H2,(H,26,28,29);1H. The first-order valence-corrected chi connectivity index (χ1v) is 12.3. The number of nitrogens with one attached hydrogen (secondary N) is 2. The molecule has 178 valence electrons. The van der Waals surface area contributed by atoms with Crippen LogP contribution in [0.2, 0.25) is 5.02 Å². The van der Waals surface area contributed by atoms with E-state index in [2.05, 4.69) is 25.6 Å². The summed E-state index contributed by atoms with van der Waals surface area (Å²) >= 11 is 6.16. The third kappa shape index (κ3) is 4.85. The molecule has 0 radical (unpaired) electrons. The Morgan fingerprint density at radius 1 is 1.21 bits per heavy atom. The molecule has 1 aromatic carbocycles. The van der Waals surface area contributed by atoms with Crippen molar-refractivity contribution in [1.29, 1.82) is 0 Å². The molecule has 8 nitrogen and oxygen atoms in total. The van der Waals surface area contributed by atoms with Crippen LogP contribution in [0.25, 0.3) is 22.4 Å². The van der Waals surface area contributed by atoms with Gasteiger partial charge in [0.25, 0.3) is 0 Å². The topological polar surface area (TPSA) is 102 Å². The molecule has 0 saturated carbocycles. The van der Waals surface area contributed by atoms with Crippen LogP contribution in [-0.4, -0.2) is 46.5 Å². The van der Waals surface area contributed by atoms with Gasteiger partial charge in [-0.25, -0.2) is 31.7 Å². The van der Waals surface area contributed by atoms with Crippen molar-refractivity contribution in [2.45, 2.75) is 18.2 Å². The van der Waals surface area contributed by atoms with E-state index in [9.17, 15) is 12.8 Å². The van der Waals surface area contributed by atoms with Gasteiger partial charge in [0.2, 0.25) is 10.0 Å². The number of hydrogen-bond acceptors (Lipinski definition) is 7. The zero-order chi connectivity index (χ0) is 23.0. The van der Waals surface area contributed by atoms with E-state index < -0.39 is 15.8 Å². The molecular weight excluding hydrogens is 502 g/mol. The molecule has 12 heteroatoms. The maximum absolute atomic E-state index is 14.4. The Balaban J connectivity index is 0.00000274. The smallest absolute Gasteiger partial charge is 0.244 e. The zero-order valence-corrected chi connectivity index (χ0v) is 20.2. The van der Waals surface area contributed by atoms with Crippen molar-refractivity contribution in [3.05, 3.63) is 71.4 Å². The van der Waals surface area contributed by atoms with Gasteiger partial charge in [-0.1, -0.05) is 41.9 Å². The molecule has 1 aliphatic rings. The second-order valence-electron chi connectivity index (χ2n) is 7.83. The first kappa shape index (κ1) is 24.3. The Morgan fingerprint density at radius 2 is 2.00 bits per heavy atom. The Morgan fingerprint density at radius 3 is 2.74 bits per heavy atom. The molecule has 0 amide bonds. The fourth-order valence-corrected chi connectivity index (χ4v) is 5.45. The monoisotopic (exact) mass is 522 g/mol. The minimum absolute atomic E-state index is 0. The lowest BCUT2D eigenvalue weighted by atomic mass is 10.2. The van der Waals surface area contributed by atoms with E-state index in [1.807, 2.05) is 6.07 Å². The van der Waals surface area contributed by atoms with Gasteiger partial charge >= 0.3 is 0 Å². The predicted octanol–water partition coefficient (Wildman–Crippen LogP) is 3.86. The number of hydrogen-bond donors (Lipinski definition) is 2. The molecule has 1 fully saturated rings. The minimum atomic E-state index is -3.82. The van der Waals surface area contributed by atoms with Gasteiger partial charge < -0.3 is 10.6 Å².